The molecule has 2 aromatic rings. The molecule has 0 atom stereocenters. The van der Waals surface area contributed by atoms with Crippen LogP contribution in [0.15, 0.2) is 24.4 Å². The molecule has 102 valence electrons. The normalized spacial score (nSPS) is 17.2. The molecule has 1 aliphatic rings. The highest BCUT2D eigenvalue weighted by molar-refractivity contribution is 6.35. The molecule has 1 fully saturated rings. The van der Waals surface area contributed by atoms with E-state index in [2.05, 4.69) is 33.0 Å². The van der Waals surface area contributed by atoms with Crippen molar-refractivity contribution in [1.29, 1.82) is 0 Å². The third-order valence-corrected chi connectivity index (χ3v) is 4.23. The summed E-state index contributed by atoms with van der Waals surface area (Å²) >= 11 is 6.19. The highest BCUT2D eigenvalue weighted by Crippen LogP contribution is 2.26. The number of aromatic nitrogens is 1. The van der Waals surface area contributed by atoms with Crippen LogP contribution in [-0.2, 0) is 13.5 Å². The van der Waals surface area contributed by atoms with Crippen LogP contribution in [0.1, 0.15) is 5.56 Å². The van der Waals surface area contributed by atoms with Crippen molar-refractivity contribution in [2.75, 3.05) is 32.7 Å². The van der Waals surface area contributed by atoms with Gasteiger partial charge < -0.3 is 14.8 Å². The minimum atomic E-state index is 0.839. The van der Waals surface area contributed by atoms with Crippen LogP contribution in [0.5, 0.6) is 0 Å². The third-order valence-electron chi connectivity index (χ3n) is 3.93. The van der Waals surface area contributed by atoms with Crippen LogP contribution in [0.2, 0.25) is 5.02 Å². The molecular formula is C15H20ClN3. The van der Waals surface area contributed by atoms with Crippen LogP contribution in [0, 0.1) is 0 Å². The van der Waals surface area contributed by atoms with E-state index in [1.807, 2.05) is 13.2 Å². The molecule has 1 aromatic carbocycles. The zero-order chi connectivity index (χ0) is 13.2. The Hall–Kier alpha value is -1.03. The summed E-state index contributed by atoms with van der Waals surface area (Å²) in [6, 6.07) is 6.62. The van der Waals surface area contributed by atoms with E-state index in [0.717, 1.165) is 49.6 Å². The lowest BCUT2D eigenvalue weighted by atomic mass is 10.1. The average molecular weight is 278 g/mol. The lowest BCUT2D eigenvalue weighted by Crippen LogP contribution is -2.44. The summed E-state index contributed by atoms with van der Waals surface area (Å²) in [6.07, 6.45) is 3.09. The van der Waals surface area contributed by atoms with Crippen LogP contribution in [-0.4, -0.2) is 42.2 Å². The number of aryl methyl sites for hydroxylation is 1. The summed E-state index contributed by atoms with van der Waals surface area (Å²) in [5.74, 6) is 0. The van der Waals surface area contributed by atoms with E-state index < -0.39 is 0 Å². The maximum Gasteiger partial charge on any atom is 0.0661 e. The number of fused-ring (bicyclic) bond motifs is 1. The van der Waals surface area contributed by atoms with Crippen molar-refractivity contribution in [3.05, 3.63) is 35.0 Å². The van der Waals surface area contributed by atoms with Crippen LogP contribution in [0.25, 0.3) is 10.9 Å². The summed E-state index contributed by atoms with van der Waals surface area (Å²) in [5.41, 5.74) is 2.62. The maximum absolute atomic E-state index is 6.19. The van der Waals surface area contributed by atoms with Gasteiger partial charge in [0.05, 0.1) is 5.02 Å². The van der Waals surface area contributed by atoms with Crippen molar-refractivity contribution in [3.8, 4) is 0 Å². The van der Waals surface area contributed by atoms with Crippen molar-refractivity contribution in [3.63, 3.8) is 0 Å². The van der Waals surface area contributed by atoms with E-state index in [9.17, 15) is 0 Å². The number of hydrogen-bond acceptors (Lipinski definition) is 2. The van der Waals surface area contributed by atoms with Gasteiger partial charge in [-0.1, -0.05) is 23.7 Å². The second kappa shape index (κ2) is 5.53. The monoisotopic (exact) mass is 277 g/mol. The van der Waals surface area contributed by atoms with E-state index in [4.69, 9.17) is 11.6 Å². The Morgan fingerprint density at radius 1 is 1.26 bits per heavy atom. The Balaban J connectivity index is 1.72. The van der Waals surface area contributed by atoms with E-state index >= 15 is 0 Å². The second-order valence-corrected chi connectivity index (χ2v) is 5.69. The number of benzene rings is 1. The summed E-state index contributed by atoms with van der Waals surface area (Å²) in [6.45, 7) is 5.71. The minimum Gasteiger partial charge on any atom is -0.349 e. The lowest BCUT2D eigenvalue weighted by molar-refractivity contribution is 0.244. The van der Waals surface area contributed by atoms with E-state index in [0.29, 0.717) is 0 Å². The first-order chi connectivity index (χ1) is 9.24. The first kappa shape index (κ1) is 13.0. The van der Waals surface area contributed by atoms with Crippen LogP contribution >= 0.6 is 11.6 Å². The number of hydrogen-bond donors (Lipinski definition) is 1. The van der Waals surface area contributed by atoms with Gasteiger partial charge in [-0.15, -0.1) is 0 Å². The van der Waals surface area contributed by atoms with Gasteiger partial charge in [0.2, 0.25) is 0 Å². The highest BCUT2D eigenvalue weighted by atomic mass is 35.5. The molecule has 0 saturated carbocycles. The molecule has 0 unspecified atom stereocenters. The molecule has 0 spiro atoms. The SMILES string of the molecule is Cn1cc(Cl)c2ccc(CCN3CCNCC3)cc21. The Morgan fingerprint density at radius 2 is 2.05 bits per heavy atom. The summed E-state index contributed by atoms with van der Waals surface area (Å²) < 4.78 is 2.10. The molecule has 1 aromatic heterocycles. The maximum atomic E-state index is 6.19. The Labute approximate surface area is 119 Å². The smallest absolute Gasteiger partial charge is 0.0661 e. The predicted octanol–water partition coefficient (Wildman–Crippen LogP) is 2.28. The summed E-state index contributed by atoms with van der Waals surface area (Å²) in [7, 11) is 2.05. The van der Waals surface area contributed by atoms with Crippen LogP contribution in [0.3, 0.4) is 0 Å². The number of rotatable bonds is 3. The molecule has 4 heteroatoms. The Morgan fingerprint density at radius 3 is 2.84 bits per heavy atom. The fourth-order valence-electron chi connectivity index (χ4n) is 2.76. The Kier molecular flexibility index (Phi) is 3.78. The van der Waals surface area contributed by atoms with Crippen LogP contribution in [0.4, 0.5) is 0 Å². The standard InChI is InChI=1S/C15H20ClN3/c1-18-11-14(16)13-3-2-12(10-15(13)18)4-7-19-8-5-17-6-9-19/h2-3,10-11,17H,4-9H2,1H3. The van der Waals surface area contributed by atoms with E-state index in [1.165, 1.54) is 11.1 Å². The first-order valence-electron chi connectivity index (χ1n) is 6.90. The zero-order valence-electron chi connectivity index (χ0n) is 11.3. The number of piperazine rings is 1. The largest absolute Gasteiger partial charge is 0.349 e. The molecule has 0 amide bonds. The molecular weight excluding hydrogens is 258 g/mol. The molecule has 1 N–H and O–H groups in total. The lowest BCUT2D eigenvalue weighted by Gasteiger charge is -2.27. The van der Waals surface area contributed by atoms with Crippen molar-refractivity contribution in [1.82, 2.24) is 14.8 Å². The number of nitrogens with one attached hydrogen (secondary N) is 1. The van der Waals surface area contributed by atoms with Gasteiger partial charge >= 0.3 is 0 Å². The van der Waals surface area contributed by atoms with Crippen molar-refractivity contribution in [2.45, 2.75) is 6.42 Å². The topological polar surface area (TPSA) is 20.2 Å². The van der Waals surface area contributed by atoms with E-state index in [1.54, 1.807) is 0 Å². The fourth-order valence-corrected chi connectivity index (χ4v) is 3.06. The van der Waals surface area contributed by atoms with Gasteiger partial charge in [-0.05, 0) is 18.1 Å². The predicted molar refractivity (Wildman–Crippen MR) is 80.9 cm³/mol. The Bertz CT molecular complexity index is 570. The van der Waals surface area contributed by atoms with Crippen LogP contribution < -0.4 is 5.32 Å². The molecule has 3 rings (SSSR count). The van der Waals surface area contributed by atoms with Gasteiger partial charge in [0.25, 0.3) is 0 Å². The summed E-state index contributed by atoms with van der Waals surface area (Å²) in [5, 5.41) is 5.37. The highest BCUT2D eigenvalue weighted by Gasteiger charge is 2.10. The molecule has 0 bridgehead atoms. The molecule has 0 aliphatic carbocycles. The third kappa shape index (κ3) is 2.78. The van der Waals surface area contributed by atoms with Gasteiger partial charge in [0, 0.05) is 56.9 Å². The molecule has 0 radical (unpaired) electrons. The van der Waals surface area contributed by atoms with Crippen molar-refractivity contribution >= 4 is 22.5 Å². The molecule has 1 aliphatic heterocycles. The summed E-state index contributed by atoms with van der Waals surface area (Å²) in [4.78, 5) is 2.53. The molecule has 2 heterocycles. The number of nitrogens with zero attached hydrogens (tertiary/aromatic N) is 2. The van der Waals surface area contributed by atoms with Crippen molar-refractivity contribution in [2.24, 2.45) is 7.05 Å². The van der Waals surface area contributed by atoms with Gasteiger partial charge in [-0.2, -0.15) is 0 Å². The molecule has 1 saturated heterocycles. The zero-order valence-corrected chi connectivity index (χ0v) is 12.1. The van der Waals surface area contributed by atoms with Gasteiger partial charge in [0.1, 0.15) is 0 Å². The average Bonchev–Trinajstić information content (AvgIpc) is 2.73. The molecule has 3 nitrogen and oxygen atoms in total. The fraction of sp³-hybridized carbons (Fsp3) is 0.467. The van der Waals surface area contributed by atoms with E-state index in [-0.39, 0.29) is 0 Å². The second-order valence-electron chi connectivity index (χ2n) is 5.28. The first-order valence-corrected chi connectivity index (χ1v) is 7.28. The van der Waals surface area contributed by atoms with Crippen molar-refractivity contribution < 1.29 is 0 Å². The van der Waals surface area contributed by atoms with Gasteiger partial charge in [-0.3, -0.25) is 0 Å². The van der Waals surface area contributed by atoms with Gasteiger partial charge in [0.15, 0.2) is 0 Å². The van der Waals surface area contributed by atoms with Gasteiger partial charge in [-0.25, -0.2) is 0 Å². The minimum absolute atomic E-state index is 0.839. The molecule has 19 heavy (non-hydrogen) atoms. The number of halogens is 1. The quantitative estimate of drug-likeness (QED) is 0.929.